The largest absolute Gasteiger partial charge is 0.493 e. The third kappa shape index (κ3) is 4.93. The number of hydrogen-bond acceptors (Lipinski definition) is 5. The van der Waals surface area contributed by atoms with Gasteiger partial charge in [-0.05, 0) is 50.3 Å². The number of carbonyl (C=O) groups excluding carboxylic acids is 1. The third-order valence-electron chi connectivity index (χ3n) is 4.50. The minimum Gasteiger partial charge on any atom is -0.493 e. The number of rotatable bonds is 7. The summed E-state index contributed by atoms with van der Waals surface area (Å²) in [5, 5.41) is 17.0. The number of nitriles is 1. The van der Waals surface area contributed by atoms with Gasteiger partial charge in [0.25, 0.3) is 5.91 Å². The molecular weight excluding hydrogens is 392 g/mol. The Labute approximate surface area is 181 Å². The Morgan fingerprint density at radius 1 is 1.13 bits per heavy atom. The molecule has 0 aliphatic rings. The van der Waals surface area contributed by atoms with Gasteiger partial charge in [-0.15, -0.1) is 0 Å². The van der Waals surface area contributed by atoms with Crippen molar-refractivity contribution in [3.8, 4) is 34.5 Å². The molecular formula is C24H24N4O3. The van der Waals surface area contributed by atoms with Gasteiger partial charge in [-0.3, -0.25) is 4.79 Å². The zero-order valence-electron chi connectivity index (χ0n) is 17.9. The minimum atomic E-state index is -0.428. The fourth-order valence-electron chi connectivity index (χ4n) is 3.06. The van der Waals surface area contributed by atoms with E-state index in [0.29, 0.717) is 22.8 Å². The van der Waals surface area contributed by atoms with Crippen LogP contribution in [0.4, 0.5) is 0 Å². The number of carbonyl (C=O) groups is 1. The van der Waals surface area contributed by atoms with Crippen molar-refractivity contribution in [3.05, 3.63) is 65.9 Å². The molecule has 0 aliphatic carbocycles. The summed E-state index contributed by atoms with van der Waals surface area (Å²) in [5.74, 6) is 0.727. The van der Waals surface area contributed by atoms with E-state index in [1.807, 2.05) is 62.4 Å². The molecule has 0 spiro atoms. The van der Waals surface area contributed by atoms with Crippen molar-refractivity contribution < 1.29 is 14.3 Å². The van der Waals surface area contributed by atoms with Gasteiger partial charge in [0.1, 0.15) is 17.3 Å². The molecule has 1 amide bonds. The molecule has 1 N–H and O–H groups in total. The number of ether oxygens (including phenoxy) is 2. The second kappa shape index (κ2) is 9.63. The highest BCUT2D eigenvalue weighted by Crippen LogP contribution is 2.34. The molecule has 3 rings (SSSR count). The zero-order valence-corrected chi connectivity index (χ0v) is 17.9. The Bertz CT molecular complexity index is 1140. The Hall–Kier alpha value is -4.05. The number of aromatic nitrogens is 2. The minimum absolute atomic E-state index is 0.00281. The van der Waals surface area contributed by atoms with E-state index in [2.05, 4.69) is 5.32 Å². The maximum atomic E-state index is 12.4. The predicted octanol–water partition coefficient (Wildman–Crippen LogP) is 3.99. The molecule has 0 fully saturated rings. The number of nitrogens with zero attached hydrogens (tertiary/aromatic N) is 3. The second-order valence-electron chi connectivity index (χ2n) is 7.08. The van der Waals surface area contributed by atoms with Crippen LogP contribution in [-0.4, -0.2) is 35.9 Å². The van der Waals surface area contributed by atoms with Crippen molar-refractivity contribution in [2.45, 2.75) is 19.9 Å². The van der Waals surface area contributed by atoms with Crippen LogP contribution < -0.4 is 14.8 Å². The monoisotopic (exact) mass is 416 g/mol. The molecule has 158 valence electrons. The molecule has 0 saturated heterocycles. The predicted molar refractivity (Wildman–Crippen MR) is 119 cm³/mol. The number of benzene rings is 2. The average Bonchev–Trinajstić information content (AvgIpc) is 3.20. The van der Waals surface area contributed by atoms with Crippen LogP contribution in [0.3, 0.4) is 0 Å². The zero-order chi connectivity index (χ0) is 22.4. The molecule has 1 heterocycles. The molecule has 3 aromatic rings. The Kier molecular flexibility index (Phi) is 6.73. The lowest BCUT2D eigenvalue weighted by Crippen LogP contribution is -2.30. The summed E-state index contributed by atoms with van der Waals surface area (Å²) in [4.78, 5) is 12.4. The molecule has 31 heavy (non-hydrogen) atoms. The molecule has 0 unspecified atom stereocenters. The summed E-state index contributed by atoms with van der Waals surface area (Å²) < 4.78 is 12.5. The van der Waals surface area contributed by atoms with Crippen molar-refractivity contribution in [3.63, 3.8) is 0 Å². The van der Waals surface area contributed by atoms with E-state index in [1.165, 1.54) is 0 Å². The second-order valence-corrected chi connectivity index (χ2v) is 7.08. The molecule has 7 nitrogen and oxygen atoms in total. The van der Waals surface area contributed by atoms with Gasteiger partial charge >= 0.3 is 0 Å². The smallest absolute Gasteiger partial charge is 0.262 e. The lowest BCUT2D eigenvalue weighted by molar-refractivity contribution is -0.117. The van der Waals surface area contributed by atoms with E-state index >= 15 is 0 Å². The van der Waals surface area contributed by atoms with E-state index < -0.39 is 5.91 Å². The third-order valence-corrected chi connectivity index (χ3v) is 4.50. The van der Waals surface area contributed by atoms with Crippen LogP contribution >= 0.6 is 0 Å². The first-order valence-electron chi connectivity index (χ1n) is 9.77. The van der Waals surface area contributed by atoms with Crippen LogP contribution in [0.25, 0.3) is 23.0 Å². The quantitative estimate of drug-likeness (QED) is 0.465. The van der Waals surface area contributed by atoms with Crippen LogP contribution in [-0.2, 0) is 4.79 Å². The Morgan fingerprint density at radius 3 is 2.45 bits per heavy atom. The van der Waals surface area contributed by atoms with E-state index in [1.54, 1.807) is 37.2 Å². The van der Waals surface area contributed by atoms with Crippen LogP contribution in [0.5, 0.6) is 11.5 Å². The number of hydrogen-bond donors (Lipinski definition) is 1. The van der Waals surface area contributed by atoms with Crippen LogP contribution in [0.15, 0.2) is 60.3 Å². The maximum Gasteiger partial charge on any atom is 0.262 e. The lowest BCUT2D eigenvalue weighted by Gasteiger charge is -2.09. The normalized spacial score (nSPS) is 11.2. The molecule has 2 aromatic carbocycles. The summed E-state index contributed by atoms with van der Waals surface area (Å²) in [5.41, 5.74) is 2.86. The molecule has 0 atom stereocenters. The summed E-state index contributed by atoms with van der Waals surface area (Å²) >= 11 is 0. The van der Waals surface area contributed by atoms with Gasteiger partial charge in [-0.25, -0.2) is 4.68 Å². The van der Waals surface area contributed by atoms with Crippen LogP contribution in [0.2, 0.25) is 0 Å². The van der Waals surface area contributed by atoms with E-state index in [-0.39, 0.29) is 11.6 Å². The summed E-state index contributed by atoms with van der Waals surface area (Å²) in [6, 6.07) is 17.0. The van der Waals surface area contributed by atoms with E-state index in [4.69, 9.17) is 14.6 Å². The number of para-hydroxylation sites is 1. The summed E-state index contributed by atoms with van der Waals surface area (Å²) in [6.07, 6.45) is 3.34. The first-order valence-corrected chi connectivity index (χ1v) is 9.77. The maximum absolute atomic E-state index is 12.4. The number of nitrogens with one attached hydrogen (secondary N) is 1. The SMILES string of the molecule is COc1ccc(-c2nn(-c3ccccc3)cc2/C=C(\C#N)C(=O)NC(C)C)cc1OC. The molecule has 0 radical (unpaired) electrons. The standard InChI is InChI=1S/C24H24N4O3/c1-16(2)26-24(29)18(14-25)12-19-15-28(20-8-6-5-7-9-20)27-23(19)17-10-11-21(30-3)22(13-17)31-4/h5-13,15-16H,1-4H3,(H,26,29)/b18-12+. The van der Waals surface area contributed by atoms with Crippen molar-refractivity contribution in [1.29, 1.82) is 5.26 Å². The molecule has 0 saturated carbocycles. The van der Waals surface area contributed by atoms with Gasteiger partial charge < -0.3 is 14.8 Å². The average molecular weight is 416 g/mol. The van der Waals surface area contributed by atoms with Crippen molar-refractivity contribution in [1.82, 2.24) is 15.1 Å². The first-order chi connectivity index (χ1) is 15.0. The number of methoxy groups -OCH3 is 2. The highest BCUT2D eigenvalue weighted by molar-refractivity contribution is 6.02. The van der Waals surface area contributed by atoms with Gasteiger partial charge in [0.15, 0.2) is 11.5 Å². The van der Waals surface area contributed by atoms with Gasteiger partial charge in [0.05, 0.1) is 19.9 Å². The van der Waals surface area contributed by atoms with Crippen LogP contribution in [0.1, 0.15) is 19.4 Å². The van der Waals surface area contributed by atoms with Crippen LogP contribution in [0, 0.1) is 11.3 Å². The highest BCUT2D eigenvalue weighted by atomic mass is 16.5. The molecule has 7 heteroatoms. The molecule has 1 aromatic heterocycles. The van der Waals surface area contributed by atoms with Crippen molar-refractivity contribution in [2.75, 3.05) is 14.2 Å². The van der Waals surface area contributed by atoms with E-state index in [0.717, 1.165) is 11.3 Å². The summed E-state index contributed by atoms with van der Waals surface area (Å²) in [7, 11) is 3.14. The fourth-order valence-corrected chi connectivity index (χ4v) is 3.06. The molecule has 0 aliphatic heterocycles. The molecule has 0 bridgehead atoms. The van der Waals surface area contributed by atoms with Gasteiger partial charge in [0, 0.05) is 23.4 Å². The Morgan fingerprint density at radius 2 is 1.84 bits per heavy atom. The number of amides is 1. The summed E-state index contributed by atoms with van der Waals surface area (Å²) in [6.45, 7) is 3.69. The lowest BCUT2D eigenvalue weighted by atomic mass is 10.0. The van der Waals surface area contributed by atoms with Gasteiger partial charge in [-0.1, -0.05) is 18.2 Å². The highest BCUT2D eigenvalue weighted by Gasteiger charge is 2.17. The van der Waals surface area contributed by atoms with E-state index in [9.17, 15) is 10.1 Å². The van der Waals surface area contributed by atoms with Crippen molar-refractivity contribution >= 4 is 12.0 Å². The first kappa shape index (κ1) is 21.7. The van der Waals surface area contributed by atoms with Gasteiger partial charge in [-0.2, -0.15) is 10.4 Å². The fraction of sp³-hybridized carbons (Fsp3) is 0.208. The Balaban J connectivity index is 2.16. The van der Waals surface area contributed by atoms with Crippen molar-refractivity contribution in [2.24, 2.45) is 0 Å². The topological polar surface area (TPSA) is 89.2 Å². The van der Waals surface area contributed by atoms with Gasteiger partial charge in [0.2, 0.25) is 0 Å².